The lowest BCUT2D eigenvalue weighted by Crippen LogP contribution is -2.49. The van der Waals surface area contributed by atoms with Gasteiger partial charge in [-0.2, -0.15) is 5.10 Å². The Balaban J connectivity index is 1.21. The highest BCUT2D eigenvalue weighted by atomic mass is 32.1. The summed E-state index contributed by atoms with van der Waals surface area (Å²) in [5.41, 5.74) is 4.55. The Morgan fingerprint density at radius 2 is 2.00 bits per heavy atom. The molecule has 3 amide bonds. The zero-order chi connectivity index (χ0) is 25.9. The maximum Gasteiger partial charge on any atom is 0.261 e. The number of rotatable bonds is 7. The van der Waals surface area contributed by atoms with E-state index in [-0.39, 0.29) is 17.7 Å². The van der Waals surface area contributed by atoms with Crippen LogP contribution in [0, 0.1) is 6.92 Å². The molecule has 2 aromatic heterocycles. The van der Waals surface area contributed by atoms with Crippen molar-refractivity contribution in [2.75, 3.05) is 6.54 Å². The van der Waals surface area contributed by atoms with Gasteiger partial charge in [-0.15, -0.1) is 11.3 Å². The summed E-state index contributed by atoms with van der Waals surface area (Å²) in [7, 11) is 0. The SMILES string of the molecule is CC[C@@H](NC(=O)c1ccc2[nH]ncc2c1)C(=O)N1CCc2sc(C(=O)NCc3cccc(C)c3)cc2C1. The first kappa shape index (κ1) is 24.7. The number of carbonyl (C=O) groups excluding carboxylic acids is 3. The largest absolute Gasteiger partial charge is 0.347 e. The van der Waals surface area contributed by atoms with Crippen molar-refractivity contribution in [2.24, 2.45) is 0 Å². The molecule has 1 aliphatic heterocycles. The molecule has 5 rings (SSSR count). The molecule has 0 spiro atoms. The number of thiophene rings is 1. The number of aromatic amines is 1. The van der Waals surface area contributed by atoms with Gasteiger partial charge in [-0.1, -0.05) is 36.8 Å². The van der Waals surface area contributed by atoms with Crippen molar-refractivity contribution >= 4 is 40.0 Å². The molecule has 1 aliphatic rings. The molecular formula is C28H29N5O3S. The molecule has 0 radical (unpaired) electrons. The summed E-state index contributed by atoms with van der Waals surface area (Å²) in [6.07, 6.45) is 2.84. The van der Waals surface area contributed by atoms with Gasteiger partial charge in [-0.3, -0.25) is 19.5 Å². The van der Waals surface area contributed by atoms with Crippen LogP contribution in [0.15, 0.2) is 54.7 Å². The molecule has 2 aromatic carbocycles. The monoisotopic (exact) mass is 515 g/mol. The van der Waals surface area contributed by atoms with Crippen molar-refractivity contribution in [3.05, 3.63) is 86.7 Å². The minimum atomic E-state index is -0.621. The van der Waals surface area contributed by atoms with E-state index < -0.39 is 6.04 Å². The summed E-state index contributed by atoms with van der Waals surface area (Å²) in [5.74, 6) is -0.501. The van der Waals surface area contributed by atoms with Gasteiger partial charge in [0.15, 0.2) is 0 Å². The molecular weight excluding hydrogens is 486 g/mol. The number of H-pyrrole nitrogens is 1. The third-order valence-corrected chi connectivity index (χ3v) is 7.89. The number of nitrogens with zero attached hydrogens (tertiary/aromatic N) is 2. The summed E-state index contributed by atoms with van der Waals surface area (Å²) in [6, 6.07) is 14.6. The molecule has 4 aromatic rings. The van der Waals surface area contributed by atoms with E-state index in [1.54, 1.807) is 29.3 Å². The molecule has 1 atom stereocenters. The highest BCUT2D eigenvalue weighted by Crippen LogP contribution is 2.29. The number of benzene rings is 2. The van der Waals surface area contributed by atoms with Crippen molar-refractivity contribution in [1.82, 2.24) is 25.7 Å². The summed E-state index contributed by atoms with van der Waals surface area (Å²) in [4.78, 5) is 42.5. The van der Waals surface area contributed by atoms with Crippen LogP contribution in [0.3, 0.4) is 0 Å². The first-order chi connectivity index (χ1) is 17.9. The number of hydrogen-bond donors (Lipinski definition) is 3. The fourth-order valence-electron chi connectivity index (χ4n) is 4.61. The zero-order valence-electron chi connectivity index (χ0n) is 20.8. The van der Waals surface area contributed by atoms with Crippen LogP contribution >= 0.6 is 11.3 Å². The van der Waals surface area contributed by atoms with Crippen LogP contribution in [0.1, 0.15) is 54.9 Å². The predicted molar refractivity (Wildman–Crippen MR) is 143 cm³/mol. The Morgan fingerprint density at radius 1 is 1.14 bits per heavy atom. The van der Waals surface area contributed by atoms with E-state index in [0.29, 0.717) is 42.9 Å². The molecule has 37 heavy (non-hydrogen) atoms. The third kappa shape index (κ3) is 5.41. The van der Waals surface area contributed by atoms with Crippen molar-refractivity contribution in [3.63, 3.8) is 0 Å². The number of hydrogen-bond acceptors (Lipinski definition) is 5. The fourth-order valence-corrected chi connectivity index (χ4v) is 5.69. The molecule has 0 bridgehead atoms. The molecule has 9 heteroatoms. The van der Waals surface area contributed by atoms with Gasteiger partial charge in [0.05, 0.1) is 16.6 Å². The molecule has 0 saturated carbocycles. The highest BCUT2D eigenvalue weighted by molar-refractivity contribution is 7.14. The van der Waals surface area contributed by atoms with Crippen molar-refractivity contribution < 1.29 is 14.4 Å². The molecule has 0 saturated heterocycles. The number of amides is 3. The van der Waals surface area contributed by atoms with E-state index >= 15 is 0 Å². The van der Waals surface area contributed by atoms with Gasteiger partial charge in [0.2, 0.25) is 5.91 Å². The van der Waals surface area contributed by atoms with Crippen LogP contribution in [-0.4, -0.2) is 45.4 Å². The Bertz CT molecular complexity index is 1470. The van der Waals surface area contributed by atoms with Crippen LogP contribution in [0.25, 0.3) is 10.9 Å². The van der Waals surface area contributed by atoms with Crippen LogP contribution in [0.4, 0.5) is 0 Å². The van der Waals surface area contributed by atoms with Crippen molar-refractivity contribution in [2.45, 2.75) is 45.8 Å². The van der Waals surface area contributed by atoms with Crippen LogP contribution in [0.5, 0.6) is 0 Å². The van der Waals surface area contributed by atoms with E-state index in [0.717, 1.165) is 32.5 Å². The second-order valence-electron chi connectivity index (χ2n) is 9.35. The summed E-state index contributed by atoms with van der Waals surface area (Å²) >= 11 is 1.49. The predicted octanol–water partition coefficient (Wildman–Crippen LogP) is 3.96. The van der Waals surface area contributed by atoms with Crippen molar-refractivity contribution in [1.29, 1.82) is 0 Å². The Hall–Kier alpha value is -3.98. The van der Waals surface area contributed by atoms with E-state index in [4.69, 9.17) is 0 Å². The molecule has 3 N–H and O–H groups in total. The first-order valence-corrected chi connectivity index (χ1v) is 13.2. The maximum atomic E-state index is 13.3. The quantitative estimate of drug-likeness (QED) is 0.346. The lowest BCUT2D eigenvalue weighted by Gasteiger charge is -2.30. The lowest BCUT2D eigenvalue weighted by molar-refractivity contribution is -0.134. The number of fused-ring (bicyclic) bond motifs is 2. The average molecular weight is 516 g/mol. The number of carbonyl (C=O) groups is 3. The van der Waals surface area contributed by atoms with Gasteiger partial charge in [0.25, 0.3) is 11.8 Å². The van der Waals surface area contributed by atoms with Crippen LogP contribution in [0.2, 0.25) is 0 Å². The van der Waals surface area contributed by atoms with Crippen LogP contribution in [-0.2, 0) is 24.3 Å². The van der Waals surface area contributed by atoms with Gasteiger partial charge < -0.3 is 15.5 Å². The van der Waals surface area contributed by atoms with E-state index in [1.807, 2.05) is 38.1 Å². The van der Waals surface area contributed by atoms with E-state index in [9.17, 15) is 14.4 Å². The minimum Gasteiger partial charge on any atom is -0.347 e. The minimum absolute atomic E-state index is 0.105. The van der Waals surface area contributed by atoms with E-state index in [2.05, 4.69) is 26.9 Å². The Kier molecular flexibility index (Phi) is 7.05. The number of aryl methyl sites for hydroxylation is 1. The number of nitrogens with one attached hydrogen (secondary N) is 3. The molecule has 0 fully saturated rings. The van der Waals surface area contributed by atoms with Gasteiger partial charge in [-0.25, -0.2) is 0 Å². The summed E-state index contributed by atoms with van der Waals surface area (Å²) in [5, 5.41) is 13.6. The standard InChI is InChI=1S/C28H29N5O3S/c1-3-22(31-26(34)19-7-8-23-20(12-19)15-30-32-23)28(36)33-10-9-24-21(16-33)13-25(37-24)27(35)29-14-18-6-4-5-17(2)11-18/h4-8,11-13,15,22H,3,9-10,14,16H2,1-2H3,(H,29,35)(H,30,32)(H,31,34)/t22-/m1/s1. The topological polar surface area (TPSA) is 107 Å². The van der Waals surface area contributed by atoms with Gasteiger partial charge in [-0.05, 0) is 55.2 Å². The van der Waals surface area contributed by atoms with Gasteiger partial charge in [0.1, 0.15) is 6.04 Å². The second-order valence-corrected chi connectivity index (χ2v) is 10.5. The summed E-state index contributed by atoms with van der Waals surface area (Å²) < 4.78 is 0. The molecule has 190 valence electrons. The molecule has 0 unspecified atom stereocenters. The van der Waals surface area contributed by atoms with Gasteiger partial charge in [0, 0.05) is 35.5 Å². The lowest BCUT2D eigenvalue weighted by atomic mass is 10.1. The second kappa shape index (κ2) is 10.6. The summed E-state index contributed by atoms with van der Waals surface area (Å²) in [6.45, 7) is 5.38. The van der Waals surface area contributed by atoms with Crippen LogP contribution < -0.4 is 10.6 Å². The molecule has 8 nitrogen and oxygen atoms in total. The number of aromatic nitrogens is 2. The smallest absolute Gasteiger partial charge is 0.261 e. The van der Waals surface area contributed by atoms with Crippen molar-refractivity contribution in [3.8, 4) is 0 Å². The normalized spacial score (nSPS) is 13.7. The molecule has 0 aliphatic carbocycles. The highest BCUT2D eigenvalue weighted by Gasteiger charge is 2.29. The Morgan fingerprint density at radius 3 is 2.81 bits per heavy atom. The Labute approximate surface area is 219 Å². The molecule has 3 heterocycles. The average Bonchev–Trinajstić information content (AvgIpc) is 3.56. The maximum absolute atomic E-state index is 13.3. The zero-order valence-corrected chi connectivity index (χ0v) is 21.7. The van der Waals surface area contributed by atoms with E-state index in [1.165, 1.54) is 11.3 Å². The first-order valence-electron chi connectivity index (χ1n) is 12.4. The fraction of sp³-hybridized carbons (Fsp3) is 0.286. The third-order valence-electron chi connectivity index (χ3n) is 6.65. The van der Waals surface area contributed by atoms with Gasteiger partial charge >= 0.3 is 0 Å².